The zero-order valence-corrected chi connectivity index (χ0v) is 11.3. The van der Waals surface area contributed by atoms with Crippen molar-refractivity contribution in [2.75, 3.05) is 0 Å². The first-order valence-electron chi connectivity index (χ1n) is 6.27. The molecule has 6 heteroatoms. The average molecular weight is 286 g/mol. The van der Waals surface area contributed by atoms with E-state index in [9.17, 15) is 19.5 Å². The maximum atomic E-state index is 12.1. The lowest BCUT2D eigenvalue weighted by Crippen LogP contribution is -2.36. The van der Waals surface area contributed by atoms with Crippen LogP contribution in [0.1, 0.15) is 27.7 Å². The fraction of sp³-hybridized carbons (Fsp3) is 0.133. The number of aliphatic carboxylic acids is 1. The summed E-state index contributed by atoms with van der Waals surface area (Å²) in [4.78, 5) is 37.9. The molecule has 1 atom stereocenters. The fourth-order valence-electron chi connectivity index (χ4n) is 1.89. The van der Waals surface area contributed by atoms with Gasteiger partial charge in [0.15, 0.2) is 11.5 Å². The second-order valence-corrected chi connectivity index (χ2v) is 4.55. The van der Waals surface area contributed by atoms with Crippen molar-refractivity contribution in [1.29, 1.82) is 0 Å². The molecule has 3 N–H and O–H groups in total. The smallest absolute Gasteiger partial charge is 0.330 e. The van der Waals surface area contributed by atoms with E-state index in [0.29, 0.717) is 11.3 Å². The second-order valence-electron chi connectivity index (χ2n) is 4.55. The number of hydrogen-bond donors (Lipinski definition) is 3. The predicted octanol–water partition coefficient (Wildman–Crippen LogP) is 1.24. The summed E-state index contributed by atoms with van der Waals surface area (Å²) in [6, 6.07) is 8.37. The average Bonchev–Trinajstić information content (AvgIpc) is 2.45. The van der Waals surface area contributed by atoms with Gasteiger partial charge in [0.2, 0.25) is 0 Å². The van der Waals surface area contributed by atoms with Crippen LogP contribution in [0.4, 0.5) is 0 Å². The lowest BCUT2D eigenvalue weighted by Gasteiger charge is -2.14. The first kappa shape index (κ1) is 14.5. The molecule has 0 radical (unpaired) electrons. The van der Waals surface area contributed by atoms with Crippen molar-refractivity contribution in [2.24, 2.45) is 0 Å². The Hall–Kier alpha value is -2.89. The van der Waals surface area contributed by atoms with Crippen LogP contribution in [0.5, 0.6) is 0 Å². The third-order valence-corrected chi connectivity index (χ3v) is 2.96. The van der Waals surface area contributed by atoms with Crippen molar-refractivity contribution in [3.63, 3.8) is 0 Å². The predicted molar refractivity (Wildman–Crippen MR) is 76.1 cm³/mol. The zero-order chi connectivity index (χ0) is 15.4. The van der Waals surface area contributed by atoms with E-state index in [4.69, 9.17) is 0 Å². The van der Waals surface area contributed by atoms with Crippen LogP contribution >= 0.6 is 0 Å². The highest BCUT2D eigenvalue weighted by Gasteiger charge is 2.23. The van der Waals surface area contributed by atoms with Crippen LogP contribution in [-0.2, 0) is 4.79 Å². The molecule has 1 heterocycles. The molecule has 108 valence electrons. The van der Waals surface area contributed by atoms with Gasteiger partial charge in [-0.25, -0.2) is 4.79 Å². The minimum Gasteiger partial charge on any atom is -0.479 e. The van der Waals surface area contributed by atoms with Gasteiger partial charge in [-0.05, 0) is 12.5 Å². The molecule has 2 aromatic rings. The molecule has 0 unspecified atom stereocenters. The summed E-state index contributed by atoms with van der Waals surface area (Å²) in [6.07, 6.45) is 1.27. The van der Waals surface area contributed by atoms with E-state index in [2.05, 4.69) is 10.3 Å². The first-order valence-corrected chi connectivity index (χ1v) is 6.27. The number of aromatic nitrogens is 1. The Balaban J connectivity index is 2.27. The molecule has 6 nitrogen and oxygen atoms in total. The van der Waals surface area contributed by atoms with Gasteiger partial charge in [0.1, 0.15) is 5.56 Å². The molecule has 0 aliphatic carbocycles. The molecule has 0 saturated heterocycles. The lowest BCUT2D eigenvalue weighted by molar-refractivity contribution is -0.139. The van der Waals surface area contributed by atoms with E-state index in [1.165, 1.54) is 12.3 Å². The summed E-state index contributed by atoms with van der Waals surface area (Å²) in [5.41, 5.74) is 0.472. The van der Waals surface area contributed by atoms with Crippen LogP contribution in [0.15, 0.2) is 47.4 Å². The molecule has 0 fully saturated rings. The van der Waals surface area contributed by atoms with E-state index in [-0.39, 0.29) is 5.56 Å². The number of amides is 1. The normalized spacial score (nSPS) is 11.7. The van der Waals surface area contributed by atoms with Crippen LogP contribution in [0, 0.1) is 6.92 Å². The van der Waals surface area contributed by atoms with Gasteiger partial charge in [-0.1, -0.05) is 30.3 Å². The number of benzene rings is 1. The molecule has 21 heavy (non-hydrogen) atoms. The molecule has 0 aliphatic heterocycles. The summed E-state index contributed by atoms with van der Waals surface area (Å²) >= 11 is 0. The molecule has 2 rings (SSSR count). The van der Waals surface area contributed by atoms with Crippen molar-refractivity contribution >= 4 is 11.9 Å². The number of rotatable bonds is 4. The minimum absolute atomic E-state index is 0.122. The molecule has 0 bridgehead atoms. The van der Waals surface area contributed by atoms with Gasteiger partial charge in [-0.15, -0.1) is 0 Å². The molecular formula is C15H14N2O4. The van der Waals surface area contributed by atoms with Crippen molar-refractivity contribution in [2.45, 2.75) is 13.0 Å². The van der Waals surface area contributed by atoms with Crippen LogP contribution in [0.3, 0.4) is 0 Å². The van der Waals surface area contributed by atoms with Crippen molar-refractivity contribution in [3.05, 3.63) is 69.6 Å². The fourth-order valence-corrected chi connectivity index (χ4v) is 1.89. The van der Waals surface area contributed by atoms with Crippen LogP contribution in [0.25, 0.3) is 0 Å². The van der Waals surface area contributed by atoms with Crippen molar-refractivity contribution in [1.82, 2.24) is 10.3 Å². The number of pyridine rings is 1. The number of hydrogen-bond acceptors (Lipinski definition) is 3. The van der Waals surface area contributed by atoms with Crippen molar-refractivity contribution in [3.8, 4) is 0 Å². The monoisotopic (exact) mass is 286 g/mol. The van der Waals surface area contributed by atoms with Gasteiger partial charge in [-0.3, -0.25) is 9.59 Å². The number of carbonyl (C=O) groups is 2. The lowest BCUT2D eigenvalue weighted by atomic mass is 10.1. The number of H-pyrrole nitrogens is 1. The highest BCUT2D eigenvalue weighted by molar-refractivity contribution is 5.96. The maximum absolute atomic E-state index is 12.1. The Morgan fingerprint density at radius 2 is 1.90 bits per heavy atom. The van der Waals surface area contributed by atoms with Gasteiger partial charge in [0.25, 0.3) is 5.91 Å². The Labute approximate surface area is 120 Å². The quantitative estimate of drug-likeness (QED) is 0.787. The van der Waals surface area contributed by atoms with E-state index < -0.39 is 23.3 Å². The van der Waals surface area contributed by atoms with E-state index in [1.807, 2.05) is 0 Å². The molecular weight excluding hydrogens is 272 g/mol. The number of carbonyl (C=O) groups excluding carboxylic acids is 1. The summed E-state index contributed by atoms with van der Waals surface area (Å²) in [5, 5.41) is 11.6. The van der Waals surface area contributed by atoms with Crippen molar-refractivity contribution < 1.29 is 14.7 Å². The Morgan fingerprint density at radius 3 is 2.48 bits per heavy atom. The Morgan fingerprint density at radius 1 is 1.24 bits per heavy atom. The maximum Gasteiger partial charge on any atom is 0.330 e. The van der Waals surface area contributed by atoms with Gasteiger partial charge >= 0.3 is 5.97 Å². The molecule has 0 saturated carbocycles. The minimum atomic E-state index is -1.21. The number of carboxylic acids is 1. The molecule has 0 spiro atoms. The SMILES string of the molecule is Cc1cc(=O)c(C(=O)N[C@H](C(=O)O)c2ccccc2)c[nH]1. The highest BCUT2D eigenvalue weighted by Crippen LogP contribution is 2.13. The van der Waals surface area contributed by atoms with E-state index in [0.717, 1.165) is 0 Å². The second kappa shape index (κ2) is 6.04. The topological polar surface area (TPSA) is 99.3 Å². The van der Waals surface area contributed by atoms with Crippen LogP contribution in [0.2, 0.25) is 0 Å². The summed E-state index contributed by atoms with van der Waals surface area (Å²) in [5.74, 6) is -1.93. The summed E-state index contributed by atoms with van der Waals surface area (Å²) in [6.45, 7) is 1.69. The molecule has 1 aromatic heterocycles. The van der Waals surface area contributed by atoms with Crippen LogP contribution in [-0.4, -0.2) is 22.0 Å². The number of aryl methyl sites for hydroxylation is 1. The zero-order valence-electron chi connectivity index (χ0n) is 11.3. The third-order valence-electron chi connectivity index (χ3n) is 2.96. The number of nitrogens with one attached hydrogen (secondary N) is 2. The van der Waals surface area contributed by atoms with Gasteiger partial charge in [0, 0.05) is 18.0 Å². The third kappa shape index (κ3) is 3.36. The standard InChI is InChI=1S/C15H14N2O4/c1-9-7-12(18)11(8-16-9)14(19)17-13(15(20)21)10-5-3-2-4-6-10/h2-8,13H,1H3,(H,16,18)(H,17,19)(H,20,21)/t13-/m0/s1. The van der Waals surface area contributed by atoms with E-state index in [1.54, 1.807) is 37.3 Å². The summed E-state index contributed by atoms with van der Waals surface area (Å²) in [7, 11) is 0. The number of carboxylic acid groups (broad SMARTS) is 1. The van der Waals surface area contributed by atoms with E-state index >= 15 is 0 Å². The first-order chi connectivity index (χ1) is 9.99. The molecule has 0 aliphatic rings. The number of aromatic amines is 1. The van der Waals surface area contributed by atoms with Gasteiger partial charge in [-0.2, -0.15) is 0 Å². The Kier molecular flexibility index (Phi) is 4.18. The largest absolute Gasteiger partial charge is 0.479 e. The van der Waals surface area contributed by atoms with Gasteiger partial charge in [0.05, 0.1) is 0 Å². The summed E-state index contributed by atoms with van der Waals surface area (Å²) < 4.78 is 0. The Bertz CT molecular complexity index is 722. The molecule has 1 amide bonds. The van der Waals surface area contributed by atoms with Crippen LogP contribution < -0.4 is 10.7 Å². The van der Waals surface area contributed by atoms with Gasteiger partial charge < -0.3 is 15.4 Å². The molecule has 1 aromatic carbocycles. The highest BCUT2D eigenvalue weighted by atomic mass is 16.4.